The Bertz CT molecular complexity index is 1600. The first-order valence-corrected chi connectivity index (χ1v) is 18.4. The van der Waals surface area contributed by atoms with E-state index < -0.39 is 34.4 Å². The molecule has 0 radical (unpaired) electrons. The Balaban J connectivity index is 1.18. The van der Waals surface area contributed by atoms with Gasteiger partial charge in [-0.1, -0.05) is 62.4 Å². The maximum absolute atomic E-state index is 14.1. The van der Waals surface area contributed by atoms with Crippen molar-refractivity contribution in [3.8, 4) is 0 Å². The summed E-state index contributed by atoms with van der Waals surface area (Å²) in [7, 11) is -4.00. The summed E-state index contributed by atoms with van der Waals surface area (Å²) in [5.74, 6) is 0.447. The fraction of sp³-hybridized carbons (Fsp3) is 0.576. The lowest BCUT2D eigenvalue weighted by Gasteiger charge is -2.33. The Hall–Kier alpha value is -2.81. The molecule has 1 aliphatic carbocycles. The number of aliphatic hydroxyl groups excluding tert-OH is 1. The number of ether oxygens (including phenoxy) is 3. The summed E-state index contributed by atoms with van der Waals surface area (Å²) in [5.41, 5.74) is 1.62. The number of alkyl carbamates (subject to hydrolysis) is 1. The Morgan fingerprint density at radius 1 is 1.13 bits per heavy atom. The third-order valence-electron chi connectivity index (χ3n) is 8.79. The number of aliphatic hydroxyl groups is 1. The van der Waals surface area contributed by atoms with E-state index in [0.717, 1.165) is 33.8 Å². The fourth-order valence-corrected chi connectivity index (χ4v) is 8.82. The summed E-state index contributed by atoms with van der Waals surface area (Å²) in [6.07, 6.45) is 0.536. The van der Waals surface area contributed by atoms with Gasteiger partial charge in [0, 0.05) is 25.0 Å². The van der Waals surface area contributed by atoms with Crippen LogP contribution in [0.15, 0.2) is 53.4 Å². The molecule has 0 spiro atoms. The molecule has 3 heterocycles. The van der Waals surface area contributed by atoms with Gasteiger partial charge in [-0.25, -0.2) is 18.2 Å². The van der Waals surface area contributed by atoms with Gasteiger partial charge in [0.05, 0.1) is 40.5 Å². The Labute approximate surface area is 274 Å². The van der Waals surface area contributed by atoms with Gasteiger partial charge < -0.3 is 30.0 Å². The molecule has 13 heteroatoms. The molecule has 3 N–H and O–H groups in total. The smallest absolute Gasteiger partial charge is 0.407 e. The number of hydrogen-bond donors (Lipinski definition) is 3. The van der Waals surface area contributed by atoms with Gasteiger partial charge >= 0.3 is 6.09 Å². The number of anilines is 1. The molecule has 11 nitrogen and oxygen atoms in total. The molecule has 6 rings (SSSR count). The van der Waals surface area contributed by atoms with Crippen molar-refractivity contribution in [2.24, 2.45) is 17.8 Å². The van der Waals surface area contributed by atoms with Crippen LogP contribution in [-0.2, 0) is 30.7 Å². The Morgan fingerprint density at radius 3 is 2.63 bits per heavy atom. The van der Waals surface area contributed by atoms with Gasteiger partial charge in [-0.3, -0.25) is 0 Å². The predicted octanol–water partition coefficient (Wildman–Crippen LogP) is 4.61. The van der Waals surface area contributed by atoms with Crippen molar-refractivity contribution < 1.29 is 32.5 Å². The topological polar surface area (TPSA) is 139 Å². The van der Waals surface area contributed by atoms with Crippen LogP contribution in [0.4, 0.5) is 9.93 Å². The maximum atomic E-state index is 14.1. The molecule has 2 aliphatic heterocycles. The number of nitrogens with zero attached hydrogens (tertiary/aromatic N) is 2. The third-order valence-corrected chi connectivity index (χ3v) is 11.6. The monoisotopic (exact) mass is 672 g/mol. The van der Waals surface area contributed by atoms with Crippen LogP contribution in [0.1, 0.15) is 45.6 Å². The first kappa shape index (κ1) is 33.1. The van der Waals surface area contributed by atoms with Crippen LogP contribution in [-0.4, -0.2) is 85.8 Å². The van der Waals surface area contributed by atoms with Crippen molar-refractivity contribution in [3.05, 3.63) is 54.1 Å². The first-order valence-electron chi connectivity index (χ1n) is 16.1. The molecule has 0 bridgehead atoms. The SMILES string of the molecule is CC(C)CN(C[C@@H](O)[C@H](Cc1ccccc1)NC(=O)OC1COC2OCC(C)C2C1)S(=O)(=O)c1ccc2nc(NC3CC3)sc2c1. The van der Waals surface area contributed by atoms with Crippen molar-refractivity contribution in [3.63, 3.8) is 0 Å². The van der Waals surface area contributed by atoms with Gasteiger partial charge in [0.1, 0.15) is 6.10 Å². The Kier molecular flexibility index (Phi) is 10.2. The van der Waals surface area contributed by atoms with E-state index in [-0.39, 0.29) is 49.1 Å². The van der Waals surface area contributed by atoms with E-state index in [2.05, 4.69) is 22.5 Å². The molecule has 1 saturated carbocycles. The minimum absolute atomic E-state index is 0.00830. The number of hydrogen-bond acceptors (Lipinski definition) is 10. The molecule has 3 fully saturated rings. The second kappa shape index (κ2) is 14.1. The standard InChI is InChI=1S/C33H44N4O7S2/c1-20(2)16-37(46(40,41)25-11-12-27-30(15-25)45-32(35-27)34-23-9-10-23)17-29(38)28(13-22-7-5-4-6-8-22)36-33(39)44-24-14-26-21(3)18-42-31(26)43-19-24/h4-8,11-12,15,20-21,23-24,26,28-29,31,38H,9-10,13-14,16-19H2,1-3H3,(H,34,35)(H,36,39)/t21?,24?,26?,28-,29+,31?/m0/s1. The molecule has 46 heavy (non-hydrogen) atoms. The highest BCUT2D eigenvalue weighted by Crippen LogP contribution is 2.36. The number of sulfonamides is 1. The number of fused-ring (bicyclic) bond motifs is 2. The van der Waals surface area contributed by atoms with Crippen LogP contribution < -0.4 is 10.6 Å². The van der Waals surface area contributed by atoms with E-state index in [9.17, 15) is 18.3 Å². The average Bonchev–Trinajstić information content (AvgIpc) is 3.63. The summed E-state index contributed by atoms with van der Waals surface area (Å²) in [6, 6.07) is 14.1. The second-order valence-electron chi connectivity index (χ2n) is 13.2. The highest BCUT2D eigenvalue weighted by Gasteiger charge is 2.42. The van der Waals surface area contributed by atoms with E-state index in [1.165, 1.54) is 15.6 Å². The number of amides is 1. The number of benzene rings is 2. The zero-order valence-electron chi connectivity index (χ0n) is 26.5. The van der Waals surface area contributed by atoms with E-state index in [4.69, 9.17) is 14.2 Å². The number of thiazole rings is 1. The molecule has 2 saturated heterocycles. The molecule has 250 valence electrons. The summed E-state index contributed by atoms with van der Waals surface area (Å²) >= 11 is 1.44. The molecular formula is C33H44N4O7S2. The number of rotatable bonds is 13. The molecule has 1 amide bonds. The zero-order chi connectivity index (χ0) is 32.4. The van der Waals surface area contributed by atoms with Crippen LogP contribution in [0.2, 0.25) is 0 Å². The summed E-state index contributed by atoms with van der Waals surface area (Å²) in [6.45, 7) is 6.79. The van der Waals surface area contributed by atoms with Crippen LogP contribution in [0.5, 0.6) is 0 Å². The van der Waals surface area contributed by atoms with Crippen LogP contribution in [0.25, 0.3) is 10.2 Å². The van der Waals surface area contributed by atoms with Gasteiger partial charge in [0.2, 0.25) is 10.0 Å². The van der Waals surface area contributed by atoms with Crippen molar-refractivity contribution in [2.75, 3.05) is 31.6 Å². The highest BCUT2D eigenvalue weighted by atomic mass is 32.2. The molecule has 4 unspecified atom stereocenters. The molecule has 1 aromatic heterocycles. The molecule has 3 aromatic rings. The quantitative estimate of drug-likeness (QED) is 0.238. The predicted molar refractivity (Wildman–Crippen MR) is 176 cm³/mol. The van der Waals surface area contributed by atoms with Crippen LogP contribution in [0, 0.1) is 17.8 Å². The van der Waals surface area contributed by atoms with Crippen molar-refractivity contribution >= 4 is 42.8 Å². The molecular weight excluding hydrogens is 629 g/mol. The molecule has 2 aromatic carbocycles. The van der Waals surface area contributed by atoms with Gasteiger partial charge in [-0.15, -0.1) is 0 Å². The highest BCUT2D eigenvalue weighted by molar-refractivity contribution is 7.89. The summed E-state index contributed by atoms with van der Waals surface area (Å²) in [4.78, 5) is 17.9. The largest absolute Gasteiger partial charge is 0.444 e. The molecule has 3 aliphatic rings. The van der Waals surface area contributed by atoms with Crippen molar-refractivity contribution in [1.82, 2.24) is 14.6 Å². The van der Waals surface area contributed by atoms with Gasteiger partial charge in [0.25, 0.3) is 0 Å². The minimum atomic E-state index is -4.00. The second-order valence-corrected chi connectivity index (χ2v) is 16.2. The van der Waals surface area contributed by atoms with Crippen molar-refractivity contribution in [2.45, 2.75) is 81.9 Å². The Morgan fingerprint density at radius 2 is 1.89 bits per heavy atom. The maximum Gasteiger partial charge on any atom is 0.407 e. The molecule has 6 atom stereocenters. The average molecular weight is 673 g/mol. The van der Waals surface area contributed by atoms with Crippen LogP contribution >= 0.6 is 11.3 Å². The summed E-state index contributed by atoms with van der Waals surface area (Å²) in [5, 5.41) is 18.6. The van der Waals surface area contributed by atoms with E-state index >= 15 is 0 Å². The van der Waals surface area contributed by atoms with Gasteiger partial charge in [0.15, 0.2) is 11.4 Å². The fourth-order valence-electron chi connectivity index (χ4n) is 6.11. The van der Waals surface area contributed by atoms with Crippen molar-refractivity contribution in [1.29, 1.82) is 0 Å². The zero-order valence-corrected chi connectivity index (χ0v) is 28.1. The minimum Gasteiger partial charge on any atom is -0.444 e. The lowest BCUT2D eigenvalue weighted by Crippen LogP contribution is -2.52. The van der Waals surface area contributed by atoms with E-state index in [0.29, 0.717) is 25.0 Å². The lowest BCUT2D eigenvalue weighted by atomic mass is 9.89. The third kappa shape index (κ3) is 8.00. The lowest BCUT2D eigenvalue weighted by molar-refractivity contribution is -0.180. The van der Waals surface area contributed by atoms with Crippen LogP contribution in [0.3, 0.4) is 0 Å². The first-order chi connectivity index (χ1) is 22.0. The van der Waals surface area contributed by atoms with E-state index in [1.54, 1.807) is 18.2 Å². The van der Waals surface area contributed by atoms with E-state index in [1.807, 2.05) is 44.2 Å². The van der Waals surface area contributed by atoms with Gasteiger partial charge in [-0.2, -0.15) is 4.31 Å². The number of nitrogens with one attached hydrogen (secondary N) is 2. The number of aromatic nitrogens is 1. The summed E-state index contributed by atoms with van der Waals surface area (Å²) < 4.78 is 47.5. The number of carbonyl (C=O) groups excluding carboxylic acids is 1. The normalized spacial score (nSPS) is 24.6. The van der Waals surface area contributed by atoms with Gasteiger partial charge in [-0.05, 0) is 61.3 Å². The number of carbonyl (C=O) groups is 1.